The van der Waals surface area contributed by atoms with Crippen LogP contribution in [0.3, 0.4) is 0 Å². The van der Waals surface area contributed by atoms with Crippen LogP contribution in [0.4, 0.5) is 0 Å². The van der Waals surface area contributed by atoms with Crippen molar-refractivity contribution in [2.75, 3.05) is 0 Å². The number of unbranched alkanes of at least 4 members (excludes halogenated alkanes) is 6. The molecule has 0 heterocycles. The summed E-state index contributed by atoms with van der Waals surface area (Å²) in [4.78, 5) is 19.6. The third-order valence-electron chi connectivity index (χ3n) is 1.99. The number of hydrogen-bond donors (Lipinski definition) is 0. The summed E-state index contributed by atoms with van der Waals surface area (Å²) in [6, 6.07) is 0. The molecule has 0 amide bonds. The number of esters is 2. The number of rotatable bonds is 6. The lowest BCUT2D eigenvalue weighted by Gasteiger charge is -1.96. The van der Waals surface area contributed by atoms with Crippen LogP contribution in [0, 0.1) is 0 Å². The van der Waals surface area contributed by atoms with Crippen molar-refractivity contribution in [1.29, 1.82) is 0 Å². The molecule has 3 nitrogen and oxygen atoms in total. The maximum atomic E-state index is 9.81. The number of ether oxygens (including phenoxy) is 1. The van der Waals surface area contributed by atoms with Gasteiger partial charge < -0.3 is 4.74 Å². The Labute approximate surface area is 99.6 Å². The fourth-order valence-electron chi connectivity index (χ4n) is 1.23. The molecule has 0 bridgehead atoms. The lowest BCUT2D eigenvalue weighted by atomic mass is 10.1. The Hall–Kier alpha value is -0.860. The van der Waals surface area contributed by atoms with Gasteiger partial charge in [0.1, 0.15) is 0 Å². The van der Waals surface area contributed by atoms with Gasteiger partial charge in [0.25, 0.3) is 0 Å². The van der Waals surface area contributed by atoms with Gasteiger partial charge in [0.05, 0.1) is 0 Å². The summed E-state index contributed by atoms with van der Waals surface area (Å²) < 4.78 is 3.97. The molecule has 0 aliphatic heterocycles. The predicted octanol–water partition coefficient (Wildman–Crippen LogP) is 3.85. The Morgan fingerprint density at radius 1 is 0.750 bits per heavy atom. The lowest BCUT2D eigenvalue weighted by Crippen LogP contribution is -2.03. The summed E-state index contributed by atoms with van der Waals surface area (Å²) in [6.07, 6.45) is 9.97. The van der Waals surface area contributed by atoms with Crippen LogP contribution < -0.4 is 0 Å². The molecule has 0 unspecified atom stereocenters. The van der Waals surface area contributed by atoms with E-state index in [0.29, 0.717) is 0 Å². The van der Waals surface area contributed by atoms with Crippen molar-refractivity contribution < 1.29 is 14.3 Å². The van der Waals surface area contributed by atoms with E-state index in [0.717, 1.165) is 0 Å². The zero-order valence-electron chi connectivity index (χ0n) is 11.2. The Balaban J connectivity index is 0. The van der Waals surface area contributed by atoms with E-state index in [4.69, 9.17) is 0 Å². The van der Waals surface area contributed by atoms with Crippen molar-refractivity contribution in [2.45, 2.75) is 72.6 Å². The molecule has 96 valence electrons. The molecular formula is C13H26O3. The highest BCUT2D eigenvalue weighted by Gasteiger charge is 1.93. The molecule has 16 heavy (non-hydrogen) atoms. The zero-order valence-corrected chi connectivity index (χ0v) is 11.2. The Bertz CT molecular complexity index is 158. The molecule has 0 saturated carbocycles. The molecule has 0 saturated heterocycles. The first-order chi connectivity index (χ1) is 7.54. The molecule has 0 atom stereocenters. The molecule has 0 N–H and O–H groups in total. The highest BCUT2D eigenvalue weighted by atomic mass is 16.6. The first-order valence-electron chi connectivity index (χ1n) is 6.23. The van der Waals surface area contributed by atoms with E-state index in [1.165, 1.54) is 58.8 Å². The van der Waals surface area contributed by atoms with E-state index in [-0.39, 0.29) is 0 Å². The maximum Gasteiger partial charge on any atom is 0.310 e. The van der Waals surface area contributed by atoms with E-state index in [9.17, 15) is 9.59 Å². The monoisotopic (exact) mass is 230 g/mol. The first-order valence-corrected chi connectivity index (χ1v) is 6.23. The van der Waals surface area contributed by atoms with Crippen LogP contribution >= 0.6 is 0 Å². The fraction of sp³-hybridized carbons (Fsp3) is 0.846. The number of carbonyl (C=O) groups is 2. The Morgan fingerprint density at radius 3 is 1.25 bits per heavy atom. The summed E-state index contributed by atoms with van der Waals surface area (Å²) in [6.45, 7) is 6.89. The van der Waals surface area contributed by atoms with Crippen LogP contribution in [-0.2, 0) is 14.3 Å². The van der Waals surface area contributed by atoms with Crippen molar-refractivity contribution in [3.05, 3.63) is 0 Å². The largest absolute Gasteiger partial charge is 0.394 e. The fourth-order valence-corrected chi connectivity index (χ4v) is 1.23. The van der Waals surface area contributed by atoms with Gasteiger partial charge in [0, 0.05) is 13.8 Å². The van der Waals surface area contributed by atoms with Gasteiger partial charge in [-0.2, -0.15) is 0 Å². The van der Waals surface area contributed by atoms with Gasteiger partial charge in [-0.05, 0) is 0 Å². The molecule has 3 heteroatoms. The molecule has 0 aromatic rings. The second-order valence-corrected chi connectivity index (χ2v) is 3.85. The Kier molecular flexibility index (Phi) is 15.5. The first kappa shape index (κ1) is 17.5. The summed E-state index contributed by atoms with van der Waals surface area (Å²) in [5.74, 6) is -1.12. The van der Waals surface area contributed by atoms with Gasteiger partial charge in [0.2, 0.25) is 0 Å². The average molecular weight is 230 g/mol. The van der Waals surface area contributed by atoms with Gasteiger partial charge in [-0.25, -0.2) is 0 Å². The molecule has 0 spiro atoms. The lowest BCUT2D eigenvalue weighted by molar-refractivity contribution is -0.156. The topological polar surface area (TPSA) is 43.4 Å². The smallest absolute Gasteiger partial charge is 0.310 e. The van der Waals surface area contributed by atoms with Crippen LogP contribution in [0.15, 0.2) is 0 Å². The van der Waals surface area contributed by atoms with E-state index >= 15 is 0 Å². The Morgan fingerprint density at radius 2 is 1.06 bits per heavy atom. The van der Waals surface area contributed by atoms with Crippen molar-refractivity contribution >= 4 is 11.9 Å². The van der Waals surface area contributed by atoms with Crippen molar-refractivity contribution in [3.63, 3.8) is 0 Å². The minimum absolute atomic E-state index is 0.562. The van der Waals surface area contributed by atoms with Gasteiger partial charge in [0.15, 0.2) is 0 Å². The van der Waals surface area contributed by atoms with Gasteiger partial charge in [-0.1, -0.05) is 58.8 Å². The molecule has 0 rings (SSSR count). The summed E-state index contributed by atoms with van der Waals surface area (Å²) >= 11 is 0. The van der Waals surface area contributed by atoms with E-state index in [1.54, 1.807) is 0 Å². The minimum Gasteiger partial charge on any atom is -0.394 e. The molecule has 0 fully saturated rings. The summed E-state index contributed by atoms with van der Waals surface area (Å²) in [5.41, 5.74) is 0. The van der Waals surface area contributed by atoms with E-state index < -0.39 is 11.9 Å². The highest BCUT2D eigenvalue weighted by Crippen LogP contribution is 2.05. The number of carbonyl (C=O) groups excluding carboxylic acids is 2. The highest BCUT2D eigenvalue weighted by molar-refractivity contribution is 5.82. The van der Waals surface area contributed by atoms with E-state index in [1.807, 2.05) is 0 Å². The minimum atomic E-state index is -0.562. The van der Waals surface area contributed by atoms with Crippen molar-refractivity contribution in [3.8, 4) is 0 Å². The van der Waals surface area contributed by atoms with Gasteiger partial charge >= 0.3 is 11.9 Å². The quantitative estimate of drug-likeness (QED) is 0.395. The zero-order chi connectivity index (χ0) is 12.8. The predicted molar refractivity (Wildman–Crippen MR) is 66.1 cm³/mol. The van der Waals surface area contributed by atoms with Crippen LogP contribution in [-0.4, -0.2) is 11.9 Å². The third-order valence-corrected chi connectivity index (χ3v) is 1.99. The molecule has 0 radical (unpaired) electrons. The van der Waals surface area contributed by atoms with Crippen molar-refractivity contribution in [1.82, 2.24) is 0 Å². The standard InChI is InChI=1S/C9H20.C4H6O3/c1-3-5-7-9-8-6-4-2;1-3(5)7-4(2)6/h3-9H2,1-2H3;1-2H3. The second-order valence-electron chi connectivity index (χ2n) is 3.85. The normalized spacial score (nSPS) is 9.00. The van der Waals surface area contributed by atoms with Crippen LogP contribution in [0.2, 0.25) is 0 Å². The maximum absolute atomic E-state index is 9.81. The van der Waals surface area contributed by atoms with Gasteiger partial charge in [-0.15, -0.1) is 0 Å². The van der Waals surface area contributed by atoms with E-state index in [2.05, 4.69) is 18.6 Å². The van der Waals surface area contributed by atoms with Crippen LogP contribution in [0.5, 0.6) is 0 Å². The van der Waals surface area contributed by atoms with Crippen molar-refractivity contribution in [2.24, 2.45) is 0 Å². The molecular weight excluding hydrogens is 204 g/mol. The van der Waals surface area contributed by atoms with Crippen LogP contribution in [0.25, 0.3) is 0 Å². The third kappa shape index (κ3) is 23.2. The van der Waals surface area contributed by atoms with Crippen LogP contribution in [0.1, 0.15) is 72.6 Å². The average Bonchev–Trinajstić information content (AvgIpc) is 2.16. The summed E-state index contributed by atoms with van der Waals surface area (Å²) in [5, 5.41) is 0. The molecule has 0 aliphatic carbocycles. The molecule has 0 aromatic carbocycles. The molecule has 0 aliphatic rings. The second kappa shape index (κ2) is 14.1. The molecule has 0 aromatic heterocycles. The summed E-state index contributed by atoms with van der Waals surface area (Å²) in [7, 11) is 0. The SMILES string of the molecule is CC(=O)OC(C)=O.CCCCCCCCC. The number of hydrogen-bond acceptors (Lipinski definition) is 3. The van der Waals surface area contributed by atoms with Gasteiger partial charge in [-0.3, -0.25) is 9.59 Å².